The lowest BCUT2D eigenvalue weighted by atomic mass is 10.1. The smallest absolute Gasteiger partial charge is 0.463 e. The Morgan fingerprint density at radius 2 is 1.53 bits per heavy atom. The highest BCUT2D eigenvalue weighted by molar-refractivity contribution is 7.47. The molecule has 0 saturated heterocycles. The third-order valence-corrected chi connectivity index (χ3v) is 5.99. The third-order valence-electron chi connectivity index (χ3n) is 5.01. The molecule has 0 aliphatic heterocycles. The summed E-state index contributed by atoms with van der Waals surface area (Å²) in [5.74, 6) is -0.620. The quantitative estimate of drug-likeness (QED) is 0.0777. The van der Waals surface area contributed by atoms with Crippen molar-refractivity contribution in [2.24, 2.45) is 0 Å². The summed E-state index contributed by atoms with van der Waals surface area (Å²) >= 11 is 0. The zero-order valence-corrected chi connectivity index (χ0v) is 21.9. The van der Waals surface area contributed by atoms with Crippen molar-refractivity contribution in [2.45, 2.75) is 103 Å². The normalized spacial score (nSPS) is 14.1. The molecular formula is C24H46NO8P. The van der Waals surface area contributed by atoms with Gasteiger partial charge in [0.25, 0.3) is 0 Å². The summed E-state index contributed by atoms with van der Waals surface area (Å²) in [6, 6.07) is 0. The fourth-order valence-electron chi connectivity index (χ4n) is 2.99. The molecule has 0 aromatic rings. The number of phosphoric ester groups is 1. The molecule has 3 N–H and O–H groups in total. The molecule has 2 unspecified atom stereocenters. The Hall–Kier alpha value is -1.25. The van der Waals surface area contributed by atoms with E-state index in [4.69, 9.17) is 4.74 Å². The Morgan fingerprint density at radius 1 is 0.912 bits per heavy atom. The van der Waals surface area contributed by atoms with E-state index in [1.54, 1.807) is 6.92 Å². The number of amides is 1. The molecule has 0 aliphatic carbocycles. The van der Waals surface area contributed by atoms with Gasteiger partial charge in [0.15, 0.2) is 0 Å². The fourth-order valence-corrected chi connectivity index (χ4v) is 3.75. The maximum absolute atomic E-state index is 11.8. The SMILES string of the molecule is CCCCCC/C=C\CCCCCCCC(=O)OCC(O)COP(=O)(O)OCCNC(=O)CC. The molecule has 0 heterocycles. The predicted octanol–water partition coefficient (Wildman–Crippen LogP) is 4.81. The number of nitrogens with one attached hydrogen (secondary N) is 1. The Morgan fingerprint density at radius 3 is 2.18 bits per heavy atom. The van der Waals surface area contributed by atoms with Crippen LogP contribution in [0.4, 0.5) is 0 Å². The first-order chi connectivity index (χ1) is 16.3. The van der Waals surface area contributed by atoms with E-state index >= 15 is 0 Å². The number of aliphatic hydroxyl groups excluding tert-OH is 1. The van der Waals surface area contributed by atoms with Crippen molar-refractivity contribution in [3.05, 3.63) is 12.2 Å². The van der Waals surface area contributed by atoms with Crippen LogP contribution >= 0.6 is 7.82 Å². The number of phosphoric acid groups is 1. The van der Waals surface area contributed by atoms with Crippen molar-refractivity contribution in [1.29, 1.82) is 0 Å². The van der Waals surface area contributed by atoms with Crippen molar-refractivity contribution in [1.82, 2.24) is 5.32 Å². The average molecular weight is 508 g/mol. The summed E-state index contributed by atoms with van der Waals surface area (Å²) in [5, 5.41) is 12.3. The van der Waals surface area contributed by atoms with Crippen molar-refractivity contribution in [2.75, 3.05) is 26.4 Å². The van der Waals surface area contributed by atoms with Crippen LogP contribution in [-0.2, 0) is 27.9 Å². The molecule has 10 heteroatoms. The Kier molecular flexibility index (Phi) is 21.4. The molecule has 0 fully saturated rings. The summed E-state index contributed by atoms with van der Waals surface area (Å²) in [5.41, 5.74) is 0. The average Bonchev–Trinajstić information content (AvgIpc) is 2.82. The molecule has 0 aromatic carbocycles. The number of aliphatic hydroxyl groups is 1. The minimum absolute atomic E-state index is 0.0665. The van der Waals surface area contributed by atoms with Gasteiger partial charge in [-0.2, -0.15) is 0 Å². The third kappa shape index (κ3) is 22.5. The molecule has 200 valence electrons. The summed E-state index contributed by atoms with van der Waals surface area (Å²) in [4.78, 5) is 32.3. The number of hydrogen-bond donors (Lipinski definition) is 3. The van der Waals surface area contributed by atoms with Crippen LogP contribution < -0.4 is 5.32 Å². The highest BCUT2D eigenvalue weighted by Gasteiger charge is 2.23. The molecule has 0 rings (SSSR count). The number of carbonyl (C=O) groups excluding carboxylic acids is 2. The minimum atomic E-state index is -4.36. The molecule has 0 aromatic heterocycles. The van der Waals surface area contributed by atoms with E-state index in [1.807, 2.05) is 0 Å². The first-order valence-electron chi connectivity index (χ1n) is 12.7. The van der Waals surface area contributed by atoms with Gasteiger partial charge in [-0.1, -0.05) is 64.5 Å². The standard InChI is InChI=1S/C24H46NO8P/c1-3-5-6-7-8-9-10-11-12-13-14-15-16-17-24(28)31-20-22(26)21-33-34(29,30)32-19-18-25-23(27)4-2/h9-10,22,26H,3-8,11-21H2,1-2H3,(H,25,27)(H,29,30)/b10-9-. The largest absolute Gasteiger partial charge is 0.472 e. The van der Waals surface area contributed by atoms with Gasteiger partial charge in [-0.25, -0.2) is 4.57 Å². The van der Waals surface area contributed by atoms with Crippen molar-refractivity contribution in [3.63, 3.8) is 0 Å². The monoisotopic (exact) mass is 507 g/mol. The lowest BCUT2D eigenvalue weighted by Gasteiger charge is -2.15. The molecule has 0 bridgehead atoms. The second-order valence-electron chi connectivity index (χ2n) is 8.27. The van der Waals surface area contributed by atoms with E-state index < -0.39 is 26.5 Å². The zero-order valence-electron chi connectivity index (χ0n) is 21.0. The van der Waals surface area contributed by atoms with Crippen LogP contribution in [0.25, 0.3) is 0 Å². The maximum atomic E-state index is 11.8. The summed E-state index contributed by atoms with van der Waals surface area (Å²) in [6.45, 7) is 2.92. The van der Waals surface area contributed by atoms with Gasteiger partial charge in [0.2, 0.25) is 5.91 Å². The number of esters is 1. The van der Waals surface area contributed by atoms with E-state index in [2.05, 4.69) is 33.4 Å². The second kappa shape index (κ2) is 22.2. The molecular weight excluding hydrogens is 461 g/mol. The lowest BCUT2D eigenvalue weighted by molar-refractivity contribution is -0.147. The Bertz CT molecular complexity index is 600. The minimum Gasteiger partial charge on any atom is -0.463 e. The van der Waals surface area contributed by atoms with Crippen molar-refractivity contribution < 1.29 is 37.9 Å². The van der Waals surface area contributed by atoms with Gasteiger partial charge >= 0.3 is 13.8 Å². The van der Waals surface area contributed by atoms with Crippen LogP contribution in [0, 0.1) is 0 Å². The van der Waals surface area contributed by atoms with Gasteiger partial charge in [-0.3, -0.25) is 18.6 Å². The highest BCUT2D eigenvalue weighted by Crippen LogP contribution is 2.42. The van der Waals surface area contributed by atoms with E-state index in [-0.39, 0.29) is 32.1 Å². The van der Waals surface area contributed by atoms with Crippen LogP contribution in [-0.4, -0.2) is 54.3 Å². The van der Waals surface area contributed by atoms with E-state index in [0.29, 0.717) is 6.42 Å². The first-order valence-corrected chi connectivity index (χ1v) is 14.2. The highest BCUT2D eigenvalue weighted by atomic mass is 31.2. The summed E-state index contributed by atoms with van der Waals surface area (Å²) < 4.78 is 26.0. The number of unbranched alkanes of at least 4 members (excludes halogenated alkanes) is 9. The Balaban J connectivity index is 3.63. The topological polar surface area (TPSA) is 131 Å². The fraction of sp³-hybridized carbons (Fsp3) is 0.833. The zero-order chi connectivity index (χ0) is 25.5. The van der Waals surface area contributed by atoms with Gasteiger partial charge in [0.1, 0.15) is 12.7 Å². The van der Waals surface area contributed by atoms with Crippen LogP contribution in [0.1, 0.15) is 97.3 Å². The van der Waals surface area contributed by atoms with Crippen LogP contribution in [0.3, 0.4) is 0 Å². The number of rotatable bonds is 23. The molecule has 2 atom stereocenters. The van der Waals surface area contributed by atoms with E-state index in [9.17, 15) is 24.2 Å². The van der Waals surface area contributed by atoms with Crippen LogP contribution in [0.15, 0.2) is 12.2 Å². The molecule has 1 amide bonds. The van der Waals surface area contributed by atoms with Crippen molar-refractivity contribution >= 4 is 19.7 Å². The first kappa shape index (κ1) is 32.8. The van der Waals surface area contributed by atoms with Crippen LogP contribution in [0.5, 0.6) is 0 Å². The number of carbonyl (C=O) groups is 2. The van der Waals surface area contributed by atoms with E-state index in [0.717, 1.165) is 38.5 Å². The summed E-state index contributed by atoms with van der Waals surface area (Å²) in [6.07, 6.45) is 16.4. The van der Waals surface area contributed by atoms with Crippen molar-refractivity contribution in [3.8, 4) is 0 Å². The van der Waals surface area contributed by atoms with Gasteiger partial charge in [-0.15, -0.1) is 0 Å². The molecule has 0 spiro atoms. The molecule has 0 aliphatic rings. The number of allylic oxidation sites excluding steroid dienone is 2. The van der Waals surface area contributed by atoms with E-state index in [1.165, 1.54) is 32.1 Å². The second-order valence-corrected chi connectivity index (χ2v) is 9.72. The van der Waals surface area contributed by atoms with Gasteiger partial charge in [0, 0.05) is 19.4 Å². The molecule has 0 saturated carbocycles. The van der Waals surface area contributed by atoms with Gasteiger partial charge in [-0.05, 0) is 32.1 Å². The van der Waals surface area contributed by atoms with Gasteiger partial charge < -0.3 is 20.1 Å². The lowest BCUT2D eigenvalue weighted by Crippen LogP contribution is -2.26. The Labute approximate surface area is 205 Å². The molecule has 34 heavy (non-hydrogen) atoms. The van der Waals surface area contributed by atoms with Gasteiger partial charge in [0.05, 0.1) is 13.2 Å². The summed E-state index contributed by atoms with van der Waals surface area (Å²) in [7, 11) is -4.36. The number of ether oxygens (including phenoxy) is 1. The van der Waals surface area contributed by atoms with Crippen LogP contribution in [0.2, 0.25) is 0 Å². The molecule has 0 radical (unpaired) electrons. The molecule has 9 nitrogen and oxygen atoms in total. The number of hydrogen-bond acceptors (Lipinski definition) is 7. The predicted molar refractivity (Wildman–Crippen MR) is 132 cm³/mol. The maximum Gasteiger partial charge on any atom is 0.472 e.